The number of para-hydroxylation sites is 1. The predicted octanol–water partition coefficient (Wildman–Crippen LogP) is 3.80. The van der Waals surface area contributed by atoms with Crippen LogP contribution >= 0.6 is 15.9 Å². The van der Waals surface area contributed by atoms with Crippen LogP contribution in [0.15, 0.2) is 59.1 Å². The van der Waals surface area contributed by atoms with Crippen molar-refractivity contribution in [1.82, 2.24) is 4.90 Å². The van der Waals surface area contributed by atoms with Gasteiger partial charge in [0.15, 0.2) is 0 Å². The van der Waals surface area contributed by atoms with Crippen molar-refractivity contribution >= 4 is 33.3 Å². The summed E-state index contributed by atoms with van der Waals surface area (Å²) in [4.78, 5) is 16.5. The van der Waals surface area contributed by atoms with Crippen molar-refractivity contribution in [2.24, 2.45) is 0 Å². The van der Waals surface area contributed by atoms with E-state index in [0.717, 1.165) is 36.3 Å². The molecule has 0 saturated carbocycles. The lowest BCUT2D eigenvalue weighted by Crippen LogP contribution is -2.50. The molecule has 1 aliphatic heterocycles. The molecule has 3 rings (SSSR count). The number of carbonyl (C=O) groups excluding carboxylic acids is 1. The Morgan fingerprint density at radius 3 is 2.36 bits per heavy atom. The fourth-order valence-corrected chi connectivity index (χ4v) is 2.97. The number of piperazine rings is 1. The molecule has 1 aliphatic rings. The van der Waals surface area contributed by atoms with E-state index in [0.29, 0.717) is 0 Å². The van der Waals surface area contributed by atoms with E-state index in [4.69, 9.17) is 0 Å². The summed E-state index contributed by atoms with van der Waals surface area (Å²) in [5.41, 5.74) is 2.03. The van der Waals surface area contributed by atoms with Crippen molar-refractivity contribution in [1.29, 1.82) is 0 Å². The number of nitrogens with one attached hydrogen (secondary N) is 1. The number of benzene rings is 2. The van der Waals surface area contributed by atoms with Crippen molar-refractivity contribution in [3.05, 3.63) is 59.1 Å². The maximum Gasteiger partial charge on any atom is 0.321 e. The molecule has 0 unspecified atom stereocenters. The van der Waals surface area contributed by atoms with Gasteiger partial charge in [0.25, 0.3) is 0 Å². The van der Waals surface area contributed by atoms with Crippen LogP contribution in [0.4, 0.5) is 16.2 Å². The molecule has 0 aromatic heterocycles. The molecule has 0 aliphatic carbocycles. The molecule has 1 fully saturated rings. The average molecular weight is 360 g/mol. The molecule has 0 bridgehead atoms. The second kappa shape index (κ2) is 6.83. The number of hydrogen-bond donors (Lipinski definition) is 1. The monoisotopic (exact) mass is 359 g/mol. The van der Waals surface area contributed by atoms with E-state index in [9.17, 15) is 4.79 Å². The summed E-state index contributed by atoms with van der Waals surface area (Å²) in [7, 11) is 0. The number of carbonyl (C=O) groups is 1. The maximum atomic E-state index is 12.3. The summed E-state index contributed by atoms with van der Waals surface area (Å²) in [6.07, 6.45) is 0. The number of rotatable bonds is 2. The normalized spacial score (nSPS) is 14.8. The first kappa shape index (κ1) is 14.9. The van der Waals surface area contributed by atoms with Crippen molar-refractivity contribution in [2.75, 3.05) is 36.4 Å². The van der Waals surface area contributed by atoms with Gasteiger partial charge in [0.2, 0.25) is 0 Å². The fraction of sp³-hybridized carbons (Fsp3) is 0.235. The Morgan fingerprint density at radius 1 is 0.955 bits per heavy atom. The van der Waals surface area contributed by atoms with Crippen molar-refractivity contribution < 1.29 is 4.79 Å². The Balaban J connectivity index is 1.56. The first-order valence-electron chi connectivity index (χ1n) is 7.34. The number of nitrogens with zero attached hydrogens (tertiary/aromatic N) is 2. The summed E-state index contributed by atoms with van der Waals surface area (Å²) in [6, 6.07) is 17.9. The minimum atomic E-state index is -0.0363. The third-order valence-corrected chi connectivity index (χ3v) is 4.26. The van der Waals surface area contributed by atoms with Gasteiger partial charge in [0.1, 0.15) is 0 Å². The van der Waals surface area contributed by atoms with Crippen LogP contribution in [0.1, 0.15) is 0 Å². The highest BCUT2D eigenvalue weighted by Gasteiger charge is 2.21. The molecule has 2 aromatic rings. The van der Waals surface area contributed by atoms with Crippen LogP contribution < -0.4 is 10.2 Å². The van der Waals surface area contributed by atoms with Crippen LogP contribution in [-0.4, -0.2) is 37.1 Å². The van der Waals surface area contributed by atoms with Crippen LogP contribution in [0.25, 0.3) is 0 Å². The molecule has 1 saturated heterocycles. The molecule has 2 amide bonds. The van der Waals surface area contributed by atoms with Gasteiger partial charge in [-0.2, -0.15) is 0 Å². The summed E-state index contributed by atoms with van der Waals surface area (Å²) >= 11 is 3.41. The van der Waals surface area contributed by atoms with Crippen LogP contribution in [0.3, 0.4) is 0 Å². The zero-order valence-electron chi connectivity index (χ0n) is 12.2. The van der Waals surface area contributed by atoms with E-state index in [1.807, 2.05) is 47.4 Å². The van der Waals surface area contributed by atoms with Gasteiger partial charge in [-0.3, -0.25) is 0 Å². The molecule has 0 spiro atoms. The zero-order chi connectivity index (χ0) is 15.4. The molecule has 22 heavy (non-hydrogen) atoms. The molecular weight excluding hydrogens is 342 g/mol. The Hall–Kier alpha value is -2.01. The molecule has 1 N–H and O–H groups in total. The number of urea groups is 1. The minimum absolute atomic E-state index is 0.0363. The van der Waals surface area contributed by atoms with Gasteiger partial charge in [-0.05, 0) is 30.3 Å². The van der Waals surface area contributed by atoms with Crippen molar-refractivity contribution in [3.63, 3.8) is 0 Å². The van der Waals surface area contributed by atoms with E-state index < -0.39 is 0 Å². The lowest BCUT2D eigenvalue weighted by Gasteiger charge is -2.36. The van der Waals surface area contributed by atoms with Crippen LogP contribution in [-0.2, 0) is 0 Å². The SMILES string of the molecule is O=C(Nc1cccc(Br)c1)N1CCN(c2ccccc2)CC1. The van der Waals surface area contributed by atoms with E-state index in [2.05, 4.69) is 38.3 Å². The van der Waals surface area contributed by atoms with Crippen molar-refractivity contribution in [3.8, 4) is 0 Å². The summed E-state index contributed by atoms with van der Waals surface area (Å²) < 4.78 is 0.958. The zero-order valence-corrected chi connectivity index (χ0v) is 13.8. The number of hydrogen-bond acceptors (Lipinski definition) is 2. The second-order valence-electron chi connectivity index (χ2n) is 5.25. The summed E-state index contributed by atoms with van der Waals surface area (Å²) in [5, 5.41) is 2.95. The first-order valence-corrected chi connectivity index (χ1v) is 8.13. The van der Waals surface area contributed by atoms with Gasteiger partial charge >= 0.3 is 6.03 Å². The van der Waals surface area contributed by atoms with Gasteiger partial charge in [0.05, 0.1) is 0 Å². The Kier molecular flexibility index (Phi) is 4.63. The van der Waals surface area contributed by atoms with Crippen LogP contribution in [0, 0.1) is 0 Å². The molecule has 0 radical (unpaired) electrons. The van der Waals surface area contributed by atoms with E-state index in [1.165, 1.54) is 5.69 Å². The van der Waals surface area contributed by atoms with Gasteiger partial charge in [0, 0.05) is 42.0 Å². The number of halogens is 1. The van der Waals surface area contributed by atoms with Crippen molar-refractivity contribution in [2.45, 2.75) is 0 Å². The number of anilines is 2. The van der Waals surface area contributed by atoms with E-state index in [1.54, 1.807) is 0 Å². The van der Waals surface area contributed by atoms with Gasteiger partial charge in [-0.25, -0.2) is 4.79 Å². The molecule has 1 heterocycles. The topological polar surface area (TPSA) is 35.6 Å². The molecule has 2 aromatic carbocycles. The van der Waals surface area contributed by atoms with Gasteiger partial charge in [-0.15, -0.1) is 0 Å². The van der Waals surface area contributed by atoms with E-state index >= 15 is 0 Å². The van der Waals surface area contributed by atoms with Gasteiger partial charge < -0.3 is 15.1 Å². The van der Waals surface area contributed by atoms with Crippen LogP contribution in [0.2, 0.25) is 0 Å². The summed E-state index contributed by atoms with van der Waals surface area (Å²) in [5.74, 6) is 0. The third kappa shape index (κ3) is 3.60. The van der Waals surface area contributed by atoms with Gasteiger partial charge in [-0.1, -0.05) is 40.2 Å². The minimum Gasteiger partial charge on any atom is -0.368 e. The molecular formula is C17H18BrN3O. The molecule has 4 nitrogen and oxygen atoms in total. The van der Waals surface area contributed by atoms with E-state index in [-0.39, 0.29) is 6.03 Å². The summed E-state index contributed by atoms with van der Waals surface area (Å²) in [6.45, 7) is 3.18. The average Bonchev–Trinajstić information content (AvgIpc) is 2.56. The molecule has 5 heteroatoms. The maximum absolute atomic E-state index is 12.3. The fourth-order valence-electron chi connectivity index (χ4n) is 2.58. The second-order valence-corrected chi connectivity index (χ2v) is 6.17. The highest BCUT2D eigenvalue weighted by Crippen LogP contribution is 2.18. The predicted molar refractivity (Wildman–Crippen MR) is 93.4 cm³/mol. The molecule has 0 atom stereocenters. The Bertz CT molecular complexity index is 639. The smallest absolute Gasteiger partial charge is 0.321 e. The molecule has 114 valence electrons. The lowest BCUT2D eigenvalue weighted by molar-refractivity contribution is 0.208. The lowest BCUT2D eigenvalue weighted by atomic mass is 10.2. The quantitative estimate of drug-likeness (QED) is 0.884. The standard InChI is InChI=1S/C17H18BrN3O/c18-14-5-4-6-15(13-14)19-17(22)21-11-9-20(10-12-21)16-7-2-1-3-8-16/h1-8,13H,9-12H2,(H,19,22). The van der Waals surface area contributed by atoms with Crippen LogP contribution in [0.5, 0.6) is 0 Å². The highest BCUT2D eigenvalue weighted by molar-refractivity contribution is 9.10. The largest absolute Gasteiger partial charge is 0.368 e. The Morgan fingerprint density at radius 2 is 1.68 bits per heavy atom. The third-order valence-electron chi connectivity index (χ3n) is 3.76. The first-order chi connectivity index (χ1) is 10.7. The number of amides is 2. The highest BCUT2D eigenvalue weighted by atomic mass is 79.9. The Labute approximate surface area is 138 Å².